The summed E-state index contributed by atoms with van der Waals surface area (Å²) in [6, 6.07) is 5.46. The van der Waals surface area contributed by atoms with Gasteiger partial charge in [-0.3, -0.25) is 19.4 Å². The van der Waals surface area contributed by atoms with Gasteiger partial charge in [-0.1, -0.05) is 24.4 Å². The Balaban J connectivity index is 1.69. The van der Waals surface area contributed by atoms with Crippen LogP contribution in [0.4, 0.5) is 0 Å². The van der Waals surface area contributed by atoms with Crippen molar-refractivity contribution in [3.8, 4) is 5.75 Å². The van der Waals surface area contributed by atoms with Crippen LogP contribution in [0.5, 0.6) is 5.75 Å². The van der Waals surface area contributed by atoms with Gasteiger partial charge in [-0.05, 0) is 38.1 Å². The summed E-state index contributed by atoms with van der Waals surface area (Å²) in [5.74, 6) is 0.545. The highest BCUT2D eigenvalue weighted by Crippen LogP contribution is 2.38. The van der Waals surface area contributed by atoms with Crippen molar-refractivity contribution < 1.29 is 14.3 Å². The van der Waals surface area contributed by atoms with Crippen LogP contribution >= 0.6 is 11.6 Å². The first-order chi connectivity index (χ1) is 11.5. The van der Waals surface area contributed by atoms with Crippen molar-refractivity contribution in [3.63, 3.8) is 0 Å². The lowest BCUT2D eigenvalue weighted by atomic mass is 9.81. The molecular weight excluding hydrogens is 328 g/mol. The fourth-order valence-corrected chi connectivity index (χ4v) is 4.02. The van der Waals surface area contributed by atoms with Crippen molar-refractivity contribution in [2.24, 2.45) is 11.8 Å². The molecule has 1 heterocycles. The number of benzene rings is 1. The second-order valence-corrected chi connectivity index (χ2v) is 7.15. The fourth-order valence-electron chi connectivity index (χ4n) is 3.82. The van der Waals surface area contributed by atoms with Crippen LogP contribution in [-0.4, -0.2) is 42.4 Å². The van der Waals surface area contributed by atoms with Crippen LogP contribution in [0.15, 0.2) is 18.2 Å². The molecule has 1 aliphatic heterocycles. The van der Waals surface area contributed by atoms with E-state index in [1.165, 1.54) is 4.90 Å². The SMILES string of the molecule is COc1ccc(Cl)cc1CN(C)CN1C(=O)[C@H]2CCCC[C@@H]2C1=O. The lowest BCUT2D eigenvalue weighted by Crippen LogP contribution is -2.40. The number of nitrogens with zero attached hydrogens (tertiary/aromatic N) is 2. The molecule has 0 N–H and O–H groups in total. The molecule has 0 spiro atoms. The molecule has 0 aromatic heterocycles. The molecule has 0 unspecified atom stereocenters. The van der Waals surface area contributed by atoms with E-state index in [0.717, 1.165) is 37.0 Å². The summed E-state index contributed by atoms with van der Waals surface area (Å²) in [6.07, 6.45) is 3.78. The number of likely N-dealkylation sites (tertiary alicyclic amines) is 1. The van der Waals surface area contributed by atoms with Crippen LogP contribution in [0.3, 0.4) is 0 Å². The molecule has 1 saturated heterocycles. The van der Waals surface area contributed by atoms with Crippen molar-refractivity contribution in [3.05, 3.63) is 28.8 Å². The molecule has 2 atom stereocenters. The molecule has 1 aromatic rings. The summed E-state index contributed by atoms with van der Waals surface area (Å²) in [4.78, 5) is 28.5. The summed E-state index contributed by atoms with van der Waals surface area (Å²) in [7, 11) is 3.51. The largest absolute Gasteiger partial charge is 0.496 e. The third kappa shape index (κ3) is 3.28. The Bertz CT molecular complexity index is 625. The maximum Gasteiger partial charge on any atom is 0.234 e. The molecule has 24 heavy (non-hydrogen) atoms. The van der Waals surface area contributed by atoms with Crippen molar-refractivity contribution in [1.29, 1.82) is 0 Å². The van der Waals surface area contributed by atoms with Gasteiger partial charge in [0.15, 0.2) is 0 Å². The molecule has 5 nitrogen and oxygen atoms in total. The Morgan fingerprint density at radius 2 is 1.83 bits per heavy atom. The first kappa shape index (κ1) is 17.2. The van der Waals surface area contributed by atoms with Crippen LogP contribution < -0.4 is 4.74 Å². The molecule has 0 radical (unpaired) electrons. The quantitative estimate of drug-likeness (QED) is 0.766. The number of amides is 2. The second kappa shape index (κ2) is 7.11. The van der Waals surface area contributed by atoms with E-state index in [2.05, 4.69) is 0 Å². The van der Waals surface area contributed by atoms with E-state index in [9.17, 15) is 9.59 Å². The third-order valence-corrected chi connectivity index (χ3v) is 5.23. The van der Waals surface area contributed by atoms with E-state index in [-0.39, 0.29) is 23.7 Å². The monoisotopic (exact) mass is 350 g/mol. The van der Waals surface area contributed by atoms with Crippen molar-refractivity contribution in [1.82, 2.24) is 9.80 Å². The third-order valence-electron chi connectivity index (χ3n) is 5.00. The molecule has 2 aliphatic rings. The smallest absolute Gasteiger partial charge is 0.234 e. The minimum Gasteiger partial charge on any atom is -0.496 e. The molecule has 3 rings (SSSR count). The average molecular weight is 351 g/mol. The van der Waals surface area contributed by atoms with Crippen molar-refractivity contribution in [2.75, 3.05) is 20.8 Å². The first-order valence-electron chi connectivity index (χ1n) is 8.37. The van der Waals surface area contributed by atoms with Gasteiger partial charge >= 0.3 is 0 Å². The highest BCUT2D eigenvalue weighted by Gasteiger charge is 2.48. The van der Waals surface area contributed by atoms with Gasteiger partial charge in [0.25, 0.3) is 0 Å². The summed E-state index contributed by atoms with van der Waals surface area (Å²) in [6.45, 7) is 0.858. The van der Waals surface area contributed by atoms with Crippen molar-refractivity contribution >= 4 is 23.4 Å². The number of carbonyl (C=O) groups is 2. The fraction of sp³-hybridized carbons (Fsp3) is 0.556. The topological polar surface area (TPSA) is 49.9 Å². The molecule has 2 fully saturated rings. The molecular formula is C18H23ClN2O3. The maximum absolute atomic E-state index is 12.5. The Hall–Kier alpha value is -1.59. The standard InChI is InChI=1S/C18H23ClN2O3/c1-20(10-12-9-13(19)7-8-16(12)24-2)11-21-17(22)14-5-3-4-6-15(14)18(21)23/h7-9,14-15H,3-6,10-11H2,1-2H3/t14-,15-/m0/s1. The van der Waals surface area contributed by atoms with Crippen LogP contribution in [0.1, 0.15) is 31.2 Å². The lowest BCUT2D eigenvalue weighted by Gasteiger charge is -2.24. The van der Waals surface area contributed by atoms with Gasteiger partial charge in [-0.25, -0.2) is 0 Å². The van der Waals surface area contributed by atoms with E-state index in [1.54, 1.807) is 13.2 Å². The van der Waals surface area contributed by atoms with E-state index < -0.39 is 0 Å². The molecule has 130 valence electrons. The first-order valence-corrected chi connectivity index (χ1v) is 8.75. The molecule has 0 bridgehead atoms. The molecule has 1 saturated carbocycles. The Kier molecular flexibility index (Phi) is 5.11. The molecule has 6 heteroatoms. The van der Waals surface area contributed by atoms with E-state index >= 15 is 0 Å². The number of hydrogen-bond acceptors (Lipinski definition) is 4. The predicted molar refractivity (Wildman–Crippen MR) is 91.6 cm³/mol. The van der Waals surface area contributed by atoms with Gasteiger partial charge < -0.3 is 4.74 Å². The number of ether oxygens (including phenoxy) is 1. The van der Waals surface area contributed by atoms with E-state index in [4.69, 9.17) is 16.3 Å². The lowest BCUT2D eigenvalue weighted by molar-refractivity contribution is -0.142. The predicted octanol–water partition coefficient (Wildman–Crippen LogP) is 2.91. The number of rotatable bonds is 5. The molecule has 1 aromatic carbocycles. The summed E-state index contributed by atoms with van der Waals surface area (Å²) < 4.78 is 5.36. The second-order valence-electron chi connectivity index (χ2n) is 6.71. The molecule has 2 amide bonds. The van der Waals surface area contributed by atoms with Gasteiger partial charge in [0.05, 0.1) is 25.6 Å². The zero-order valence-electron chi connectivity index (χ0n) is 14.1. The van der Waals surface area contributed by atoms with E-state index in [0.29, 0.717) is 18.2 Å². The maximum atomic E-state index is 12.5. The highest BCUT2D eigenvalue weighted by molar-refractivity contribution is 6.30. The van der Waals surface area contributed by atoms with Crippen molar-refractivity contribution in [2.45, 2.75) is 32.2 Å². The number of imide groups is 1. The van der Waals surface area contributed by atoms with Gasteiger partial charge in [0.1, 0.15) is 5.75 Å². The van der Waals surface area contributed by atoms with Gasteiger partial charge in [0, 0.05) is 17.1 Å². The van der Waals surface area contributed by atoms with Gasteiger partial charge in [-0.2, -0.15) is 0 Å². The zero-order valence-corrected chi connectivity index (χ0v) is 14.9. The Morgan fingerprint density at radius 3 is 2.42 bits per heavy atom. The van der Waals surface area contributed by atoms with Crippen LogP contribution in [-0.2, 0) is 16.1 Å². The molecule has 1 aliphatic carbocycles. The number of methoxy groups -OCH3 is 1. The van der Waals surface area contributed by atoms with Crippen LogP contribution in [0, 0.1) is 11.8 Å². The van der Waals surface area contributed by atoms with Gasteiger partial charge in [-0.15, -0.1) is 0 Å². The van der Waals surface area contributed by atoms with Crippen LogP contribution in [0.25, 0.3) is 0 Å². The Labute approximate surface area is 147 Å². The minimum absolute atomic E-state index is 0.00499. The minimum atomic E-state index is -0.0969. The number of carbonyl (C=O) groups excluding carboxylic acids is 2. The zero-order chi connectivity index (χ0) is 17.3. The van der Waals surface area contributed by atoms with Gasteiger partial charge in [0.2, 0.25) is 11.8 Å². The number of halogens is 1. The average Bonchev–Trinajstić information content (AvgIpc) is 2.80. The normalized spacial score (nSPS) is 23.8. The van der Waals surface area contributed by atoms with E-state index in [1.807, 2.05) is 24.1 Å². The number of fused-ring (bicyclic) bond motifs is 1. The summed E-state index contributed by atoms with van der Waals surface area (Å²) in [5.41, 5.74) is 0.934. The van der Waals surface area contributed by atoms with Crippen LogP contribution in [0.2, 0.25) is 5.02 Å². The summed E-state index contributed by atoms with van der Waals surface area (Å²) >= 11 is 6.06. The summed E-state index contributed by atoms with van der Waals surface area (Å²) in [5, 5.41) is 0.638. The number of hydrogen-bond donors (Lipinski definition) is 0. The highest BCUT2D eigenvalue weighted by atomic mass is 35.5. The Morgan fingerprint density at radius 1 is 1.21 bits per heavy atom.